The molecular formula is C24H27ClN2O3. The number of esters is 1. The molecule has 0 N–H and O–H groups in total. The normalized spacial score (nSPS) is 11.4. The third-order valence-electron chi connectivity index (χ3n) is 4.55. The quantitative estimate of drug-likeness (QED) is 0.332. The summed E-state index contributed by atoms with van der Waals surface area (Å²) in [6.07, 6.45) is 2.06. The topological polar surface area (TPSA) is 53.4 Å². The van der Waals surface area contributed by atoms with Crippen LogP contribution in [0.25, 0.3) is 5.69 Å². The van der Waals surface area contributed by atoms with E-state index < -0.39 is 5.97 Å². The second-order valence-corrected chi connectivity index (χ2v) is 8.56. The smallest absolute Gasteiger partial charge is 0.344 e. The number of aromatic nitrogens is 2. The van der Waals surface area contributed by atoms with Gasteiger partial charge in [-0.3, -0.25) is 0 Å². The van der Waals surface area contributed by atoms with Crippen molar-refractivity contribution in [3.05, 3.63) is 70.9 Å². The van der Waals surface area contributed by atoms with Gasteiger partial charge in [-0.2, -0.15) is 5.10 Å². The molecule has 1 aromatic heterocycles. The summed E-state index contributed by atoms with van der Waals surface area (Å²) in [5.74, 6) is 0.619. The molecule has 3 aromatic rings. The average Bonchev–Trinajstić information content (AvgIpc) is 3.13. The molecular weight excluding hydrogens is 400 g/mol. The lowest BCUT2D eigenvalue weighted by molar-refractivity contribution is 0.0723. The number of carbonyl (C=O) groups is 1. The third-order valence-corrected chi connectivity index (χ3v) is 4.79. The minimum absolute atomic E-state index is 0.206. The molecule has 0 saturated carbocycles. The molecule has 158 valence electrons. The zero-order valence-corrected chi connectivity index (χ0v) is 18.6. The Morgan fingerprint density at radius 2 is 1.83 bits per heavy atom. The number of carbonyl (C=O) groups excluding carboxylic acids is 1. The average molecular weight is 427 g/mol. The summed E-state index contributed by atoms with van der Waals surface area (Å²) in [6, 6.07) is 16.0. The third kappa shape index (κ3) is 5.42. The molecule has 5 nitrogen and oxygen atoms in total. The minimum Gasteiger partial charge on any atom is -0.494 e. The Morgan fingerprint density at radius 1 is 1.10 bits per heavy atom. The zero-order chi connectivity index (χ0) is 21.7. The van der Waals surface area contributed by atoms with Gasteiger partial charge in [0.15, 0.2) is 0 Å². The molecule has 0 saturated heterocycles. The maximum Gasteiger partial charge on any atom is 0.344 e. The van der Waals surface area contributed by atoms with Crippen molar-refractivity contribution in [1.82, 2.24) is 9.78 Å². The van der Waals surface area contributed by atoms with E-state index >= 15 is 0 Å². The van der Waals surface area contributed by atoms with Crippen molar-refractivity contribution in [3.63, 3.8) is 0 Å². The fourth-order valence-electron chi connectivity index (χ4n) is 2.77. The van der Waals surface area contributed by atoms with Crippen LogP contribution >= 0.6 is 11.6 Å². The van der Waals surface area contributed by atoms with Crippen molar-refractivity contribution in [2.75, 3.05) is 6.61 Å². The van der Waals surface area contributed by atoms with E-state index in [9.17, 15) is 4.79 Å². The van der Waals surface area contributed by atoms with Gasteiger partial charge in [-0.05, 0) is 48.9 Å². The summed E-state index contributed by atoms with van der Waals surface area (Å²) in [5.41, 5.74) is 1.77. The van der Waals surface area contributed by atoms with Crippen LogP contribution in [-0.2, 0) is 5.41 Å². The molecule has 0 amide bonds. The fourth-order valence-corrected chi connectivity index (χ4v) is 2.96. The van der Waals surface area contributed by atoms with Crippen LogP contribution in [0.2, 0.25) is 5.02 Å². The van der Waals surface area contributed by atoms with Crippen molar-refractivity contribution in [3.8, 4) is 17.3 Å². The number of benzene rings is 2. The highest BCUT2D eigenvalue weighted by atomic mass is 35.5. The second-order valence-electron chi connectivity index (χ2n) is 8.13. The van der Waals surface area contributed by atoms with Crippen LogP contribution in [0, 0.1) is 0 Å². The first kappa shape index (κ1) is 21.9. The predicted molar refractivity (Wildman–Crippen MR) is 119 cm³/mol. The maximum absolute atomic E-state index is 12.8. The van der Waals surface area contributed by atoms with Gasteiger partial charge in [0, 0.05) is 16.5 Å². The summed E-state index contributed by atoms with van der Waals surface area (Å²) in [7, 11) is 0. The van der Waals surface area contributed by atoms with Crippen LogP contribution in [-0.4, -0.2) is 22.4 Å². The predicted octanol–water partition coefficient (Wildman–Crippen LogP) is 6.22. The van der Waals surface area contributed by atoms with E-state index in [-0.39, 0.29) is 5.41 Å². The van der Waals surface area contributed by atoms with Crippen molar-refractivity contribution in [2.24, 2.45) is 0 Å². The van der Waals surface area contributed by atoms with E-state index in [2.05, 4.69) is 32.8 Å². The summed E-state index contributed by atoms with van der Waals surface area (Å²) in [5, 5.41) is 5.24. The molecule has 2 aromatic carbocycles. The van der Waals surface area contributed by atoms with Crippen LogP contribution in [0.5, 0.6) is 11.6 Å². The van der Waals surface area contributed by atoms with Crippen molar-refractivity contribution < 1.29 is 14.3 Å². The van der Waals surface area contributed by atoms with Gasteiger partial charge in [-0.1, -0.05) is 51.8 Å². The van der Waals surface area contributed by atoms with E-state index in [0.717, 1.165) is 30.0 Å². The maximum atomic E-state index is 12.8. The van der Waals surface area contributed by atoms with Crippen LogP contribution in [0.4, 0.5) is 0 Å². The highest BCUT2D eigenvalue weighted by Crippen LogP contribution is 2.29. The number of ether oxygens (including phenoxy) is 2. The van der Waals surface area contributed by atoms with E-state index in [1.807, 2.05) is 12.1 Å². The van der Waals surface area contributed by atoms with Gasteiger partial charge in [0.05, 0.1) is 23.6 Å². The lowest BCUT2D eigenvalue weighted by Crippen LogP contribution is -2.13. The lowest BCUT2D eigenvalue weighted by Gasteiger charge is -2.13. The zero-order valence-electron chi connectivity index (χ0n) is 17.8. The number of rotatable bonds is 7. The molecule has 0 bridgehead atoms. The van der Waals surface area contributed by atoms with Crippen LogP contribution < -0.4 is 9.47 Å². The Balaban J connectivity index is 1.84. The largest absolute Gasteiger partial charge is 0.494 e. The minimum atomic E-state index is -0.459. The fraction of sp³-hybridized carbons (Fsp3) is 0.333. The molecule has 6 heteroatoms. The lowest BCUT2D eigenvalue weighted by atomic mass is 9.93. The van der Waals surface area contributed by atoms with Crippen LogP contribution in [0.3, 0.4) is 0 Å². The first-order valence-electron chi connectivity index (χ1n) is 10.1. The standard InChI is InChI=1S/C24H27ClN2O3/c1-5-6-14-29-20-12-10-17(11-13-20)23(28)30-22-16-21(24(2,3)4)26-27(22)19-9-7-8-18(25)15-19/h7-13,15-16H,5-6,14H2,1-4H3. The molecule has 0 atom stereocenters. The molecule has 1 heterocycles. The van der Waals surface area contributed by atoms with Gasteiger partial charge < -0.3 is 9.47 Å². The number of nitrogens with zero attached hydrogens (tertiary/aromatic N) is 2. The van der Waals surface area contributed by atoms with Gasteiger partial charge in [-0.25, -0.2) is 9.48 Å². The van der Waals surface area contributed by atoms with Gasteiger partial charge >= 0.3 is 5.97 Å². The summed E-state index contributed by atoms with van der Waals surface area (Å²) >= 11 is 6.14. The molecule has 0 aliphatic rings. The number of hydrogen-bond acceptors (Lipinski definition) is 4. The first-order chi connectivity index (χ1) is 14.3. The molecule has 3 rings (SSSR count). The SMILES string of the molecule is CCCCOc1ccc(C(=O)Oc2cc(C(C)(C)C)nn2-c2cccc(Cl)c2)cc1. The van der Waals surface area contributed by atoms with Gasteiger partial charge in [0.2, 0.25) is 5.88 Å². The molecule has 0 spiro atoms. The highest BCUT2D eigenvalue weighted by Gasteiger charge is 2.23. The summed E-state index contributed by atoms with van der Waals surface area (Å²) in [6.45, 7) is 8.94. The van der Waals surface area contributed by atoms with Crippen molar-refractivity contribution >= 4 is 17.6 Å². The van der Waals surface area contributed by atoms with Gasteiger partial charge in [0.25, 0.3) is 0 Å². The monoisotopic (exact) mass is 426 g/mol. The highest BCUT2D eigenvalue weighted by molar-refractivity contribution is 6.30. The Labute approximate surface area is 182 Å². The van der Waals surface area contributed by atoms with Crippen molar-refractivity contribution in [1.29, 1.82) is 0 Å². The van der Waals surface area contributed by atoms with E-state index in [4.69, 9.17) is 21.1 Å². The molecule has 0 aliphatic carbocycles. The Hall–Kier alpha value is -2.79. The van der Waals surface area contributed by atoms with Gasteiger partial charge in [-0.15, -0.1) is 0 Å². The molecule has 0 radical (unpaired) electrons. The molecule has 30 heavy (non-hydrogen) atoms. The van der Waals surface area contributed by atoms with E-state index in [0.29, 0.717) is 23.1 Å². The van der Waals surface area contributed by atoms with E-state index in [1.54, 1.807) is 47.1 Å². The number of halogens is 1. The van der Waals surface area contributed by atoms with E-state index in [1.165, 1.54) is 0 Å². The molecule has 0 unspecified atom stereocenters. The second kappa shape index (κ2) is 9.35. The Morgan fingerprint density at radius 3 is 2.47 bits per heavy atom. The van der Waals surface area contributed by atoms with Crippen LogP contribution in [0.15, 0.2) is 54.6 Å². The van der Waals surface area contributed by atoms with Crippen molar-refractivity contribution in [2.45, 2.75) is 46.0 Å². The molecule has 0 aliphatic heterocycles. The Kier molecular flexibility index (Phi) is 6.83. The van der Waals surface area contributed by atoms with Crippen LogP contribution in [0.1, 0.15) is 56.6 Å². The number of unbranched alkanes of at least 4 members (excludes halogenated alkanes) is 1. The summed E-state index contributed by atoms with van der Waals surface area (Å²) < 4.78 is 13.0. The molecule has 0 fully saturated rings. The first-order valence-corrected chi connectivity index (χ1v) is 10.5. The summed E-state index contributed by atoms with van der Waals surface area (Å²) in [4.78, 5) is 12.8. The Bertz CT molecular complexity index is 1000. The van der Waals surface area contributed by atoms with Gasteiger partial charge in [0.1, 0.15) is 5.75 Å². The number of hydrogen-bond donors (Lipinski definition) is 0.